The molecule has 0 saturated heterocycles. The van der Waals surface area contributed by atoms with E-state index in [9.17, 15) is 4.39 Å². The molecule has 2 aromatic rings. The van der Waals surface area contributed by atoms with E-state index in [0.717, 1.165) is 11.5 Å². The molecule has 0 fully saturated rings. The highest BCUT2D eigenvalue weighted by Gasteiger charge is 2.04. The van der Waals surface area contributed by atoms with Gasteiger partial charge in [-0.05, 0) is 12.1 Å². The van der Waals surface area contributed by atoms with Crippen LogP contribution in [0, 0.1) is 5.82 Å². The number of aromatic nitrogens is 2. The first-order valence-electron chi connectivity index (χ1n) is 4.89. The van der Waals surface area contributed by atoms with Crippen LogP contribution in [-0.2, 0) is 12.3 Å². The Balaban J connectivity index is 1.99. The van der Waals surface area contributed by atoms with E-state index in [4.69, 9.17) is 5.73 Å². The number of nitrogens with zero attached hydrogens (tertiary/aromatic N) is 1. The van der Waals surface area contributed by atoms with Crippen molar-refractivity contribution in [1.82, 2.24) is 9.97 Å². The highest BCUT2D eigenvalue weighted by Crippen LogP contribution is 2.23. The van der Waals surface area contributed by atoms with Crippen LogP contribution in [0.3, 0.4) is 0 Å². The molecule has 3 nitrogen and oxygen atoms in total. The van der Waals surface area contributed by atoms with Crippen molar-refractivity contribution in [2.45, 2.75) is 17.2 Å². The van der Waals surface area contributed by atoms with Crippen LogP contribution in [0.15, 0.2) is 35.4 Å². The van der Waals surface area contributed by atoms with Gasteiger partial charge in [0.25, 0.3) is 0 Å². The molecule has 1 aromatic heterocycles. The van der Waals surface area contributed by atoms with Gasteiger partial charge in [0.2, 0.25) is 0 Å². The van der Waals surface area contributed by atoms with Crippen LogP contribution in [0.2, 0.25) is 0 Å². The van der Waals surface area contributed by atoms with E-state index in [-0.39, 0.29) is 5.82 Å². The Morgan fingerprint density at radius 2 is 2.19 bits per heavy atom. The van der Waals surface area contributed by atoms with E-state index >= 15 is 0 Å². The van der Waals surface area contributed by atoms with Crippen molar-refractivity contribution in [2.75, 3.05) is 0 Å². The number of halogens is 1. The second-order valence-corrected chi connectivity index (χ2v) is 4.30. The molecule has 0 aliphatic heterocycles. The van der Waals surface area contributed by atoms with Crippen LogP contribution in [0.25, 0.3) is 0 Å². The van der Waals surface area contributed by atoms with Crippen molar-refractivity contribution < 1.29 is 4.39 Å². The minimum Gasteiger partial charge on any atom is -0.344 e. The zero-order valence-corrected chi connectivity index (χ0v) is 9.43. The molecule has 84 valence electrons. The van der Waals surface area contributed by atoms with E-state index < -0.39 is 0 Å². The summed E-state index contributed by atoms with van der Waals surface area (Å²) in [5.74, 6) is 1.23. The Bertz CT molecular complexity index is 470. The zero-order valence-electron chi connectivity index (χ0n) is 8.61. The molecule has 1 aromatic carbocycles. The maximum absolute atomic E-state index is 13.3. The van der Waals surface area contributed by atoms with Crippen LogP contribution >= 0.6 is 11.8 Å². The largest absolute Gasteiger partial charge is 0.344 e. The van der Waals surface area contributed by atoms with Crippen LogP contribution in [0.5, 0.6) is 0 Å². The monoisotopic (exact) mass is 237 g/mol. The fourth-order valence-electron chi connectivity index (χ4n) is 1.29. The number of hydrogen-bond donors (Lipinski definition) is 2. The summed E-state index contributed by atoms with van der Waals surface area (Å²) in [6.45, 7) is 0.442. The Labute approximate surface area is 97.3 Å². The second-order valence-electron chi connectivity index (χ2n) is 3.28. The number of nitrogens with one attached hydrogen (secondary N) is 1. The molecule has 0 unspecified atom stereocenters. The molecule has 3 N–H and O–H groups in total. The molecule has 0 radical (unpaired) electrons. The number of rotatable bonds is 4. The summed E-state index contributed by atoms with van der Waals surface area (Å²) in [7, 11) is 0. The third-order valence-electron chi connectivity index (χ3n) is 2.10. The second kappa shape index (κ2) is 5.14. The van der Waals surface area contributed by atoms with Gasteiger partial charge in [0.05, 0.1) is 5.75 Å². The van der Waals surface area contributed by atoms with E-state index in [1.807, 2.05) is 6.07 Å². The van der Waals surface area contributed by atoms with Crippen molar-refractivity contribution in [2.24, 2.45) is 5.73 Å². The van der Waals surface area contributed by atoms with Crippen molar-refractivity contribution in [3.8, 4) is 0 Å². The normalized spacial score (nSPS) is 10.6. The highest BCUT2D eigenvalue weighted by molar-refractivity contribution is 7.98. The van der Waals surface area contributed by atoms with Gasteiger partial charge in [0.15, 0.2) is 0 Å². The quantitative estimate of drug-likeness (QED) is 0.802. The summed E-state index contributed by atoms with van der Waals surface area (Å²) < 4.78 is 13.3. The molecule has 16 heavy (non-hydrogen) atoms. The summed E-state index contributed by atoms with van der Waals surface area (Å²) in [5, 5.41) is 0. The molecule has 1 heterocycles. The smallest absolute Gasteiger partial charge is 0.136 e. The SMILES string of the molecule is NCc1cnc(CSc2ccccc2F)[nH]1. The molecule has 0 aliphatic carbocycles. The molecule has 5 heteroatoms. The van der Waals surface area contributed by atoms with Crippen molar-refractivity contribution in [3.63, 3.8) is 0 Å². The lowest BCUT2D eigenvalue weighted by molar-refractivity contribution is 0.602. The molecule has 0 atom stereocenters. The predicted molar refractivity (Wildman–Crippen MR) is 62.4 cm³/mol. The number of thioether (sulfide) groups is 1. The number of imidazole rings is 1. The number of nitrogens with two attached hydrogens (primary N) is 1. The van der Waals surface area contributed by atoms with Crippen molar-refractivity contribution in [1.29, 1.82) is 0 Å². The predicted octanol–water partition coefficient (Wildman–Crippen LogP) is 2.30. The van der Waals surface area contributed by atoms with Crippen LogP contribution in [0.4, 0.5) is 4.39 Å². The van der Waals surface area contributed by atoms with Gasteiger partial charge in [-0.25, -0.2) is 9.37 Å². The minimum atomic E-state index is -0.196. The van der Waals surface area contributed by atoms with Crippen LogP contribution in [-0.4, -0.2) is 9.97 Å². The maximum Gasteiger partial charge on any atom is 0.136 e. The first-order chi connectivity index (χ1) is 7.79. The lowest BCUT2D eigenvalue weighted by atomic mass is 10.3. The standard InChI is InChI=1S/C11H12FN3S/c12-9-3-1-2-4-10(9)16-7-11-14-6-8(5-13)15-11/h1-4,6H,5,7,13H2,(H,14,15). The lowest BCUT2D eigenvalue weighted by Gasteiger charge is -2.00. The Morgan fingerprint density at radius 3 is 2.88 bits per heavy atom. The molecule has 0 amide bonds. The first-order valence-corrected chi connectivity index (χ1v) is 5.88. The lowest BCUT2D eigenvalue weighted by Crippen LogP contribution is -1.96. The zero-order chi connectivity index (χ0) is 11.4. The topological polar surface area (TPSA) is 54.7 Å². The molecule has 0 spiro atoms. The van der Waals surface area contributed by atoms with E-state index in [1.165, 1.54) is 17.8 Å². The molecular weight excluding hydrogens is 225 g/mol. The van der Waals surface area contributed by atoms with Gasteiger partial charge < -0.3 is 10.7 Å². The highest BCUT2D eigenvalue weighted by atomic mass is 32.2. The Kier molecular flexibility index (Phi) is 3.58. The minimum absolute atomic E-state index is 0.196. The molecular formula is C11H12FN3S. The molecule has 0 bridgehead atoms. The van der Waals surface area contributed by atoms with E-state index in [0.29, 0.717) is 17.2 Å². The fraction of sp³-hybridized carbons (Fsp3) is 0.182. The maximum atomic E-state index is 13.3. The number of benzene rings is 1. The van der Waals surface area contributed by atoms with E-state index in [1.54, 1.807) is 18.3 Å². The van der Waals surface area contributed by atoms with Gasteiger partial charge in [-0.15, -0.1) is 11.8 Å². The van der Waals surface area contributed by atoms with Gasteiger partial charge in [-0.3, -0.25) is 0 Å². The molecule has 2 rings (SSSR count). The average molecular weight is 237 g/mol. The summed E-state index contributed by atoms with van der Waals surface area (Å²) in [5.41, 5.74) is 6.35. The van der Waals surface area contributed by atoms with Crippen LogP contribution < -0.4 is 5.73 Å². The summed E-state index contributed by atoms with van der Waals surface area (Å²) >= 11 is 1.41. The summed E-state index contributed by atoms with van der Waals surface area (Å²) in [6, 6.07) is 6.71. The average Bonchev–Trinajstić information content (AvgIpc) is 2.76. The van der Waals surface area contributed by atoms with Gasteiger partial charge in [-0.2, -0.15) is 0 Å². The number of H-pyrrole nitrogens is 1. The van der Waals surface area contributed by atoms with Crippen molar-refractivity contribution in [3.05, 3.63) is 47.8 Å². The van der Waals surface area contributed by atoms with Gasteiger partial charge in [0, 0.05) is 23.3 Å². The van der Waals surface area contributed by atoms with Gasteiger partial charge in [0.1, 0.15) is 11.6 Å². The third kappa shape index (κ3) is 2.62. The molecule has 0 saturated carbocycles. The number of aromatic amines is 1. The van der Waals surface area contributed by atoms with Gasteiger partial charge in [-0.1, -0.05) is 12.1 Å². The molecule has 0 aliphatic rings. The third-order valence-corrected chi connectivity index (χ3v) is 3.16. The van der Waals surface area contributed by atoms with Gasteiger partial charge >= 0.3 is 0 Å². The van der Waals surface area contributed by atoms with Crippen molar-refractivity contribution >= 4 is 11.8 Å². The van der Waals surface area contributed by atoms with Crippen LogP contribution in [0.1, 0.15) is 11.5 Å². The Morgan fingerprint density at radius 1 is 1.38 bits per heavy atom. The summed E-state index contributed by atoms with van der Waals surface area (Å²) in [4.78, 5) is 7.86. The first kappa shape index (κ1) is 11.2. The Hall–Kier alpha value is -1.33. The fourth-order valence-corrected chi connectivity index (χ4v) is 2.11. The number of hydrogen-bond acceptors (Lipinski definition) is 3. The van der Waals surface area contributed by atoms with E-state index in [2.05, 4.69) is 9.97 Å². The summed E-state index contributed by atoms with van der Waals surface area (Å²) in [6.07, 6.45) is 1.71.